The van der Waals surface area contributed by atoms with E-state index in [1.165, 1.54) is 50.8 Å². The molecule has 164 valence electrons. The third-order valence-corrected chi connectivity index (χ3v) is 6.36. The van der Waals surface area contributed by atoms with Gasteiger partial charge in [-0.05, 0) is 62.6 Å². The first-order valence-electron chi connectivity index (χ1n) is 11.0. The SMILES string of the molecule is CN=C(NCC1CCN(CCOC)CC1)N1CCC(Cc2ccccc2)CC1.I. The van der Waals surface area contributed by atoms with Crippen LogP contribution in [0.1, 0.15) is 31.2 Å². The van der Waals surface area contributed by atoms with Crippen LogP contribution in [0.3, 0.4) is 0 Å². The quantitative estimate of drug-likeness (QED) is 0.344. The molecule has 0 aliphatic carbocycles. The molecule has 1 aromatic rings. The van der Waals surface area contributed by atoms with Crippen LogP contribution in [-0.2, 0) is 11.2 Å². The highest BCUT2D eigenvalue weighted by Gasteiger charge is 2.23. The first-order chi connectivity index (χ1) is 13.8. The second kappa shape index (κ2) is 13.4. The fourth-order valence-corrected chi connectivity index (χ4v) is 4.50. The molecule has 6 heteroatoms. The van der Waals surface area contributed by atoms with E-state index in [-0.39, 0.29) is 24.0 Å². The van der Waals surface area contributed by atoms with E-state index >= 15 is 0 Å². The number of hydrogen-bond acceptors (Lipinski definition) is 3. The Balaban J connectivity index is 0.00000300. The Morgan fingerprint density at radius 2 is 1.69 bits per heavy atom. The summed E-state index contributed by atoms with van der Waals surface area (Å²) in [6.45, 7) is 7.58. The van der Waals surface area contributed by atoms with Crippen LogP contribution >= 0.6 is 24.0 Å². The monoisotopic (exact) mass is 514 g/mol. The Morgan fingerprint density at radius 3 is 2.31 bits per heavy atom. The highest BCUT2D eigenvalue weighted by atomic mass is 127. The van der Waals surface area contributed by atoms with E-state index in [1.807, 2.05) is 7.05 Å². The largest absolute Gasteiger partial charge is 0.383 e. The average molecular weight is 514 g/mol. The maximum Gasteiger partial charge on any atom is 0.193 e. The lowest BCUT2D eigenvalue weighted by atomic mass is 9.90. The molecule has 2 heterocycles. The van der Waals surface area contributed by atoms with Gasteiger partial charge in [0.1, 0.15) is 0 Å². The molecule has 0 spiro atoms. The van der Waals surface area contributed by atoms with Gasteiger partial charge >= 0.3 is 0 Å². The molecule has 0 aromatic heterocycles. The Morgan fingerprint density at radius 1 is 1.03 bits per heavy atom. The van der Waals surface area contributed by atoms with Crippen molar-refractivity contribution in [2.24, 2.45) is 16.8 Å². The molecule has 0 radical (unpaired) electrons. The lowest BCUT2D eigenvalue weighted by molar-refractivity contribution is 0.120. The molecule has 0 atom stereocenters. The summed E-state index contributed by atoms with van der Waals surface area (Å²) < 4.78 is 5.20. The number of nitrogens with zero attached hydrogens (tertiary/aromatic N) is 3. The normalized spacial score (nSPS) is 19.8. The number of guanidine groups is 1. The van der Waals surface area contributed by atoms with Gasteiger partial charge < -0.3 is 19.9 Å². The van der Waals surface area contributed by atoms with Crippen molar-refractivity contribution in [2.75, 3.05) is 60.0 Å². The van der Waals surface area contributed by atoms with Crippen LogP contribution in [0.2, 0.25) is 0 Å². The molecule has 2 aliphatic rings. The molecular formula is C23H39IN4O. The number of aliphatic imine (C=N–C) groups is 1. The number of likely N-dealkylation sites (tertiary alicyclic amines) is 2. The van der Waals surface area contributed by atoms with Gasteiger partial charge in [0.05, 0.1) is 6.61 Å². The standard InChI is InChI=1S/C23H38N4O.HI/c1-24-23(25-19-22-8-12-26(13-9-22)16-17-28-2)27-14-10-21(11-15-27)18-20-6-4-3-5-7-20;/h3-7,21-22H,8-19H2,1-2H3,(H,24,25);1H. The minimum Gasteiger partial charge on any atom is -0.383 e. The maximum atomic E-state index is 5.20. The van der Waals surface area contributed by atoms with Gasteiger partial charge in [-0.25, -0.2) is 0 Å². The van der Waals surface area contributed by atoms with Gasteiger partial charge in [0.15, 0.2) is 5.96 Å². The van der Waals surface area contributed by atoms with Gasteiger partial charge in [-0.15, -0.1) is 24.0 Å². The van der Waals surface area contributed by atoms with Crippen LogP contribution in [-0.4, -0.2) is 75.8 Å². The summed E-state index contributed by atoms with van der Waals surface area (Å²) in [7, 11) is 3.71. The van der Waals surface area contributed by atoms with Gasteiger partial charge in [0.25, 0.3) is 0 Å². The van der Waals surface area contributed by atoms with Crippen molar-refractivity contribution in [2.45, 2.75) is 32.1 Å². The maximum absolute atomic E-state index is 5.20. The van der Waals surface area contributed by atoms with Gasteiger partial charge in [0, 0.05) is 40.3 Å². The van der Waals surface area contributed by atoms with E-state index in [0.717, 1.165) is 50.6 Å². The number of ether oxygens (including phenoxy) is 1. The predicted molar refractivity (Wildman–Crippen MR) is 132 cm³/mol. The molecule has 0 amide bonds. The summed E-state index contributed by atoms with van der Waals surface area (Å²) in [5, 5.41) is 3.66. The van der Waals surface area contributed by atoms with Crippen molar-refractivity contribution in [1.29, 1.82) is 0 Å². The lowest BCUT2D eigenvalue weighted by Gasteiger charge is -2.36. The smallest absolute Gasteiger partial charge is 0.193 e. The zero-order valence-electron chi connectivity index (χ0n) is 18.2. The Kier molecular flexibility index (Phi) is 11.3. The summed E-state index contributed by atoms with van der Waals surface area (Å²) in [6.07, 6.45) is 6.27. The summed E-state index contributed by atoms with van der Waals surface area (Å²) in [5.41, 5.74) is 1.47. The predicted octanol–water partition coefficient (Wildman–Crippen LogP) is 3.49. The van der Waals surface area contributed by atoms with Crippen molar-refractivity contribution in [3.05, 3.63) is 35.9 Å². The second-order valence-electron chi connectivity index (χ2n) is 8.33. The van der Waals surface area contributed by atoms with E-state index in [2.05, 4.69) is 50.4 Å². The molecule has 5 nitrogen and oxygen atoms in total. The van der Waals surface area contributed by atoms with Crippen LogP contribution in [0, 0.1) is 11.8 Å². The highest BCUT2D eigenvalue weighted by molar-refractivity contribution is 14.0. The summed E-state index contributed by atoms with van der Waals surface area (Å²) in [6, 6.07) is 10.9. The molecule has 1 aromatic carbocycles. The van der Waals surface area contributed by atoms with Gasteiger partial charge in [0.2, 0.25) is 0 Å². The Bertz CT molecular complexity index is 582. The summed E-state index contributed by atoms with van der Waals surface area (Å²) >= 11 is 0. The van der Waals surface area contributed by atoms with Gasteiger partial charge in [-0.3, -0.25) is 4.99 Å². The zero-order chi connectivity index (χ0) is 19.6. The van der Waals surface area contributed by atoms with Gasteiger partial charge in [-0.1, -0.05) is 30.3 Å². The third-order valence-electron chi connectivity index (χ3n) is 6.36. The molecule has 2 saturated heterocycles. The number of hydrogen-bond donors (Lipinski definition) is 1. The molecule has 1 N–H and O–H groups in total. The van der Waals surface area contributed by atoms with E-state index in [0.29, 0.717) is 0 Å². The van der Waals surface area contributed by atoms with Crippen molar-refractivity contribution >= 4 is 29.9 Å². The Hall–Kier alpha value is -0.860. The third kappa shape index (κ3) is 8.06. The molecule has 0 bridgehead atoms. The van der Waals surface area contributed by atoms with Crippen molar-refractivity contribution in [1.82, 2.24) is 15.1 Å². The van der Waals surface area contributed by atoms with Crippen LogP contribution < -0.4 is 5.32 Å². The second-order valence-corrected chi connectivity index (χ2v) is 8.33. The topological polar surface area (TPSA) is 40.1 Å². The number of nitrogens with one attached hydrogen (secondary N) is 1. The number of piperidine rings is 2. The molecule has 2 fully saturated rings. The van der Waals surface area contributed by atoms with Crippen LogP contribution in [0.15, 0.2) is 35.3 Å². The van der Waals surface area contributed by atoms with Crippen LogP contribution in [0.25, 0.3) is 0 Å². The van der Waals surface area contributed by atoms with E-state index in [9.17, 15) is 0 Å². The van der Waals surface area contributed by atoms with E-state index < -0.39 is 0 Å². The van der Waals surface area contributed by atoms with Crippen molar-refractivity contribution in [3.63, 3.8) is 0 Å². The van der Waals surface area contributed by atoms with Crippen LogP contribution in [0.5, 0.6) is 0 Å². The zero-order valence-corrected chi connectivity index (χ0v) is 20.5. The molecule has 2 aliphatic heterocycles. The van der Waals surface area contributed by atoms with Crippen LogP contribution in [0.4, 0.5) is 0 Å². The summed E-state index contributed by atoms with van der Waals surface area (Å²) in [4.78, 5) is 9.54. The molecular weight excluding hydrogens is 475 g/mol. The molecule has 0 saturated carbocycles. The van der Waals surface area contributed by atoms with E-state index in [4.69, 9.17) is 4.74 Å². The average Bonchev–Trinajstić information content (AvgIpc) is 2.75. The first kappa shape index (κ1) is 24.4. The molecule has 29 heavy (non-hydrogen) atoms. The first-order valence-corrected chi connectivity index (χ1v) is 11.0. The highest BCUT2D eigenvalue weighted by Crippen LogP contribution is 2.22. The number of benzene rings is 1. The van der Waals surface area contributed by atoms with Gasteiger partial charge in [-0.2, -0.15) is 0 Å². The summed E-state index contributed by atoms with van der Waals surface area (Å²) in [5.74, 6) is 2.65. The number of rotatable bonds is 7. The van der Waals surface area contributed by atoms with Crippen molar-refractivity contribution in [3.8, 4) is 0 Å². The fourth-order valence-electron chi connectivity index (χ4n) is 4.50. The number of halogens is 1. The minimum atomic E-state index is 0. The molecule has 0 unspecified atom stereocenters. The Labute approximate surface area is 194 Å². The van der Waals surface area contributed by atoms with E-state index in [1.54, 1.807) is 7.11 Å². The molecule has 3 rings (SSSR count). The van der Waals surface area contributed by atoms with Crippen molar-refractivity contribution < 1.29 is 4.74 Å². The minimum absolute atomic E-state index is 0. The lowest BCUT2D eigenvalue weighted by Crippen LogP contribution is -2.48. The number of methoxy groups -OCH3 is 1. The fraction of sp³-hybridized carbons (Fsp3) is 0.696.